The van der Waals surface area contributed by atoms with E-state index in [1.54, 1.807) is 35.0 Å². The molecule has 0 spiro atoms. The first-order valence-corrected chi connectivity index (χ1v) is 9.32. The van der Waals surface area contributed by atoms with Crippen LogP contribution in [0.3, 0.4) is 0 Å². The topological polar surface area (TPSA) is 84.6 Å². The number of carbonyl (C=O) groups is 1. The van der Waals surface area contributed by atoms with Gasteiger partial charge in [-0.15, -0.1) is 0 Å². The number of aromatic nitrogens is 2. The Morgan fingerprint density at radius 1 is 1.21 bits per heavy atom. The van der Waals surface area contributed by atoms with Crippen molar-refractivity contribution in [2.24, 2.45) is 0 Å². The molecule has 0 radical (unpaired) electrons. The van der Waals surface area contributed by atoms with Crippen LogP contribution in [0, 0.1) is 5.82 Å². The Bertz CT molecular complexity index is 999. The molecule has 0 aliphatic rings. The first kappa shape index (κ1) is 20.5. The summed E-state index contributed by atoms with van der Waals surface area (Å²) in [5.74, 6) is -0.702. The molecule has 0 bridgehead atoms. The van der Waals surface area contributed by atoms with Gasteiger partial charge in [0.05, 0.1) is 37.6 Å². The third-order valence-corrected chi connectivity index (χ3v) is 4.67. The summed E-state index contributed by atoms with van der Waals surface area (Å²) in [4.78, 5) is 11.1. The molecular weight excluding hydrogens is 375 g/mol. The summed E-state index contributed by atoms with van der Waals surface area (Å²) >= 11 is 0. The number of carboxylic acid groups (broad SMARTS) is 1. The number of rotatable bonds is 8. The highest BCUT2D eigenvalue weighted by Crippen LogP contribution is 2.33. The average Bonchev–Trinajstić information content (AvgIpc) is 3.11. The first-order chi connectivity index (χ1) is 13.9. The summed E-state index contributed by atoms with van der Waals surface area (Å²) in [6.07, 6.45) is -0.130. The Morgan fingerprint density at radius 2 is 1.93 bits per heavy atom. The second-order valence-electron chi connectivity index (χ2n) is 6.77. The van der Waals surface area contributed by atoms with Crippen LogP contribution in [0.2, 0.25) is 0 Å². The Balaban J connectivity index is 2.11. The molecule has 152 valence electrons. The van der Waals surface area contributed by atoms with Crippen molar-refractivity contribution < 1.29 is 24.1 Å². The van der Waals surface area contributed by atoms with Crippen molar-refractivity contribution in [1.29, 1.82) is 0 Å². The van der Waals surface area contributed by atoms with Gasteiger partial charge in [0.1, 0.15) is 11.6 Å². The van der Waals surface area contributed by atoms with E-state index >= 15 is 0 Å². The third-order valence-electron chi connectivity index (χ3n) is 4.67. The molecule has 0 saturated heterocycles. The highest BCUT2D eigenvalue weighted by Gasteiger charge is 2.17. The Hall–Kier alpha value is -3.19. The van der Waals surface area contributed by atoms with Crippen molar-refractivity contribution in [2.45, 2.75) is 32.4 Å². The van der Waals surface area contributed by atoms with Gasteiger partial charge in [0.15, 0.2) is 0 Å². The number of methoxy groups -OCH3 is 1. The maximum absolute atomic E-state index is 13.4. The number of nitrogens with zero attached hydrogens (tertiary/aromatic N) is 2. The third kappa shape index (κ3) is 4.81. The van der Waals surface area contributed by atoms with Gasteiger partial charge >= 0.3 is 5.97 Å². The zero-order valence-corrected chi connectivity index (χ0v) is 16.3. The lowest BCUT2D eigenvalue weighted by Gasteiger charge is -2.11. The smallest absolute Gasteiger partial charge is 0.307 e. The molecule has 0 aliphatic carbocycles. The zero-order chi connectivity index (χ0) is 21.0. The van der Waals surface area contributed by atoms with Crippen molar-refractivity contribution in [1.82, 2.24) is 9.78 Å². The van der Waals surface area contributed by atoms with Gasteiger partial charge in [0, 0.05) is 11.1 Å². The van der Waals surface area contributed by atoms with E-state index < -0.39 is 12.1 Å². The van der Waals surface area contributed by atoms with E-state index in [2.05, 4.69) is 5.10 Å². The van der Waals surface area contributed by atoms with E-state index in [-0.39, 0.29) is 18.8 Å². The molecule has 0 fully saturated rings. The van der Waals surface area contributed by atoms with E-state index in [1.807, 2.05) is 13.0 Å². The van der Waals surface area contributed by atoms with Gasteiger partial charge in [-0.3, -0.25) is 9.48 Å². The number of carboxylic acids is 1. The fraction of sp³-hybridized carbons (Fsp3) is 0.273. The summed E-state index contributed by atoms with van der Waals surface area (Å²) in [5, 5.41) is 23.9. The fourth-order valence-electron chi connectivity index (χ4n) is 3.11. The van der Waals surface area contributed by atoms with E-state index in [1.165, 1.54) is 19.2 Å². The number of aliphatic carboxylic acids is 1. The molecule has 1 heterocycles. The van der Waals surface area contributed by atoms with E-state index in [0.29, 0.717) is 29.0 Å². The van der Waals surface area contributed by atoms with E-state index in [4.69, 9.17) is 9.84 Å². The maximum atomic E-state index is 13.4. The lowest BCUT2D eigenvalue weighted by molar-refractivity contribution is -0.136. The first-order valence-electron chi connectivity index (χ1n) is 9.32. The van der Waals surface area contributed by atoms with Gasteiger partial charge in [0.2, 0.25) is 0 Å². The second kappa shape index (κ2) is 8.87. The molecule has 0 amide bonds. The molecule has 3 rings (SSSR count). The largest absolute Gasteiger partial charge is 0.496 e. The van der Waals surface area contributed by atoms with Crippen LogP contribution < -0.4 is 4.74 Å². The Morgan fingerprint density at radius 3 is 2.55 bits per heavy atom. The van der Waals surface area contributed by atoms with Gasteiger partial charge in [-0.05, 0) is 54.4 Å². The highest BCUT2D eigenvalue weighted by atomic mass is 19.1. The molecule has 29 heavy (non-hydrogen) atoms. The number of halogens is 1. The van der Waals surface area contributed by atoms with E-state index in [9.17, 15) is 14.3 Å². The van der Waals surface area contributed by atoms with Crippen molar-refractivity contribution in [2.75, 3.05) is 7.11 Å². The number of benzene rings is 2. The monoisotopic (exact) mass is 398 g/mol. The van der Waals surface area contributed by atoms with Gasteiger partial charge < -0.3 is 14.9 Å². The molecule has 3 aromatic rings. The Kier molecular flexibility index (Phi) is 6.29. The quantitative estimate of drug-likeness (QED) is 0.604. The van der Waals surface area contributed by atoms with Crippen LogP contribution in [0.1, 0.15) is 18.9 Å². The summed E-state index contributed by atoms with van der Waals surface area (Å²) < 4.78 is 20.5. The summed E-state index contributed by atoms with van der Waals surface area (Å²) in [6, 6.07) is 13.0. The van der Waals surface area contributed by atoms with Gasteiger partial charge in [0.25, 0.3) is 0 Å². The number of hydrogen-bond donors (Lipinski definition) is 2. The van der Waals surface area contributed by atoms with Crippen molar-refractivity contribution in [3.8, 4) is 28.3 Å². The minimum absolute atomic E-state index is 0.114. The van der Waals surface area contributed by atoms with Crippen molar-refractivity contribution >= 4 is 5.97 Å². The van der Waals surface area contributed by atoms with Crippen LogP contribution in [0.5, 0.6) is 5.75 Å². The summed E-state index contributed by atoms with van der Waals surface area (Å²) in [6.45, 7) is 2.16. The molecule has 2 N–H and O–H groups in total. The molecule has 0 unspecified atom stereocenters. The zero-order valence-electron chi connectivity index (χ0n) is 16.3. The van der Waals surface area contributed by atoms with Crippen LogP contribution in [0.15, 0.2) is 48.5 Å². The van der Waals surface area contributed by atoms with Gasteiger partial charge in [-0.25, -0.2) is 4.39 Å². The second-order valence-corrected chi connectivity index (χ2v) is 6.77. The minimum atomic E-state index is -0.926. The summed E-state index contributed by atoms with van der Waals surface area (Å²) in [5.41, 5.74) is 3.34. The highest BCUT2D eigenvalue weighted by molar-refractivity contribution is 5.76. The van der Waals surface area contributed by atoms with Gasteiger partial charge in [-0.1, -0.05) is 13.0 Å². The lowest BCUT2D eigenvalue weighted by Crippen LogP contribution is -2.16. The molecule has 1 aromatic heterocycles. The molecule has 7 heteroatoms. The van der Waals surface area contributed by atoms with Crippen LogP contribution in [0.4, 0.5) is 4.39 Å². The van der Waals surface area contributed by atoms with Crippen molar-refractivity contribution in [3.05, 3.63) is 59.9 Å². The van der Waals surface area contributed by atoms with Crippen LogP contribution in [-0.2, 0) is 17.8 Å². The average molecular weight is 398 g/mol. The number of hydrogen-bond acceptors (Lipinski definition) is 4. The standard InChI is InChI=1S/C22H23FN2O4/c1-3-17(26)13-25-20(15-5-7-16(23)8-6-15)12-19(24-25)18-10-14(11-22(27)28)4-9-21(18)29-2/h4-10,12,17,26H,3,11,13H2,1-2H3,(H,27,28)/t17-/m1/s1. The predicted octanol–water partition coefficient (Wildman–Crippen LogP) is 3.76. The summed E-state index contributed by atoms with van der Waals surface area (Å²) in [7, 11) is 1.54. The lowest BCUT2D eigenvalue weighted by atomic mass is 10.0. The SMILES string of the molecule is CC[C@@H](O)Cn1nc(-c2cc(CC(=O)O)ccc2OC)cc1-c1ccc(F)cc1. The van der Waals surface area contributed by atoms with E-state index in [0.717, 1.165) is 11.3 Å². The number of aliphatic hydroxyl groups is 1. The molecule has 0 saturated carbocycles. The molecule has 0 aliphatic heterocycles. The van der Waals surface area contributed by atoms with Crippen LogP contribution >= 0.6 is 0 Å². The Labute approximate surface area is 168 Å². The van der Waals surface area contributed by atoms with Gasteiger partial charge in [-0.2, -0.15) is 5.10 Å². The molecule has 2 aromatic carbocycles. The maximum Gasteiger partial charge on any atom is 0.307 e. The van der Waals surface area contributed by atoms with Crippen LogP contribution in [-0.4, -0.2) is 39.2 Å². The van der Waals surface area contributed by atoms with Crippen LogP contribution in [0.25, 0.3) is 22.5 Å². The molecule has 1 atom stereocenters. The molecular formula is C22H23FN2O4. The minimum Gasteiger partial charge on any atom is -0.496 e. The molecule has 6 nitrogen and oxygen atoms in total. The fourth-order valence-corrected chi connectivity index (χ4v) is 3.11. The normalized spacial score (nSPS) is 12.0. The number of aliphatic hydroxyl groups excluding tert-OH is 1. The number of ether oxygens (including phenoxy) is 1. The predicted molar refractivity (Wildman–Crippen MR) is 107 cm³/mol. The van der Waals surface area contributed by atoms with Crippen molar-refractivity contribution in [3.63, 3.8) is 0 Å².